The van der Waals surface area contributed by atoms with E-state index in [0.717, 1.165) is 10.9 Å². The Bertz CT molecular complexity index is 819. The van der Waals surface area contributed by atoms with Crippen LogP contribution in [0.4, 0.5) is 5.69 Å². The van der Waals surface area contributed by atoms with E-state index in [4.69, 9.17) is 4.74 Å². The van der Waals surface area contributed by atoms with Crippen LogP contribution in [0.15, 0.2) is 46.9 Å². The Hall–Kier alpha value is -2.34. The highest BCUT2D eigenvalue weighted by molar-refractivity contribution is 9.10. The van der Waals surface area contributed by atoms with Gasteiger partial charge in [-0.1, -0.05) is 20.8 Å². The van der Waals surface area contributed by atoms with E-state index in [2.05, 4.69) is 40.4 Å². The van der Waals surface area contributed by atoms with Crippen LogP contribution in [-0.4, -0.2) is 24.5 Å². The quantitative estimate of drug-likeness (QED) is 0.580. The zero-order chi connectivity index (χ0) is 20.7. The van der Waals surface area contributed by atoms with Gasteiger partial charge in [0.1, 0.15) is 5.75 Å². The molecule has 2 N–H and O–H groups in total. The second-order valence-electron chi connectivity index (χ2n) is 7.16. The van der Waals surface area contributed by atoms with E-state index < -0.39 is 0 Å². The lowest BCUT2D eigenvalue weighted by Crippen LogP contribution is -2.31. The van der Waals surface area contributed by atoms with Gasteiger partial charge in [-0.05, 0) is 77.7 Å². The van der Waals surface area contributed by atoms with Crippen LogP contribution in [0.3, 0.4) is 0 Å². The van der Waals surface area contributed by atoms with Crippen molar-refractivity contribution in [3.63, 3.8) is 0 Å². The number of amides is 2. The minimum absolute atomic E-state index is 0.117. The number of hydrogen-bond donors (Lipinski definition) is 2. The monoisotopic (exact) mass is 446 g/mol. The Morgan fingerprint density at radius 1 is 1.00 bits per heavy atom. The highest BCUT2D eigenvalue weighted by atomic mass is 79.9. The number of rotatable bonds is 8. The molecule has 2 rings (SSSR count). The van der Waals surface area contributed by atoms with Crippen molar-refractivity contribution in [1.82, 2.24) is 5.32 Å². The molecule has 0 aliphatic rings. The van der Waals surface area contributed by atoms with Crippen molar-refractivity contribution in [3.05, 3.63) is 58.1 Å². The van der Waals surface area contributed by atoms with E-state index >= 15 is 0 Å². The molecule has 2 aromatic rings. The Morgan fingerprint density at radius 3 is 2.21 bits per heavy atom. The van der Waals surface area contributed by atoms with Crippen LogP contribution in [0, 0.1) is 5.92 Å². The van der Waals surface area contributed by atoms with E-state index in [1.165, 1.54) is 0 Å². The molecule has 0 saturated heterocycles. The Labute approximate surface area is 175 Å². The van der Waals surface area contributed by atoms with Gasteiger partial charge < -0.3 is 15.4 Å². The number of benzene rings is 2. The van der Waals surface area contributed by atoms with Crippen molar-refractivity contribution in [2.24, 2.45) is 5.92 Å². The molecule has 0 bridgehead atoms. The molecule has 2 amide bonds. The smallest absolute Gasteiger partial charge is 0.255 e. The molecule has 0 aliphatic carbocycles. The van der Waals surface area contributed by atoms with Gasteiger partial charge in [-0.15, -0.1) is 0 Å². The van der Waals surface area contributed by atoms with Crippen LogP contribution >= 0.6 is 15.9 Å². The molecule has 2 aromatic carbocycles. The summed E-state index contributed by atoms with van der Waals surface area (Å²) in [5.41, 5.74) is 1.71. The number of hydrogen-bond acceptors (Lipinski definition) is 3. The first-order valence-electron chi connectivity index (χ1n) is 9.44. The van der Waals surface area contributed by atoms with Crippen molar-refractivity contribution in [2.45, 2.75) is 40.2 Å². The summed E-state index contributed by atoms with van der Waals surface area (Å²) in [7, 11) is 0. The van der Waals surface area contributed by atoms with Gasteiger partial charge in [-0.25, -0.2) is 0 Å². The minimum Gasteiger partial charge on any atom is -0.492 e. The van der Waals surface area contributed by atoms with E-state index in [-0.39, 0.29) is 17.9 Å². The summed E-state index contributed by atoms with van der Waals surface area (Å²) in [6, 6.07) is 12.2. The van der Waals surface area contributed by atoms with E-state index in [9.17, 15) is 9.59 Å². The van der Waals surface area contributed by atoms with Gasteiger partial charge in [-0.2, -0.15) is 0 Å². The Morgan fingerprint density at radius 2 is 1.64 bits per heavy atom. The van der Waals surface area contributed by atoms with Crippen LogP contribution in [0.1, 0.15) is 54.8 Å². The molecule has 0 fully saturated rings. The maximum Gasteiger partial charge on any atom is 0.255 e. The lowest BCUT2D eigenvalue weighted by Gasteiger charge is -2.12. The molecule has 28 heavy (non-hydrogen) atoms. The normalized spacial score (nSPS) is 11.8. The van der Waals surface area contributed by atoms with Gasteiger partial charge in [0, 0.05) is 22.9 Å². The predicted molar refractivity (Wildman–Crippen MR) is 116 cm³/mol. The number of carbonyl (C=O) groups excluding carboxylic acids is 2. The summed E-state index contributed by atoms with van der Waals surface area (Å²) in [5.74, 6) is 0.785. The van der Waals surface area contributed by atoms with Crippen molar-refractivity contribution >= 4 is 33.4 Å². The summed E-state index contributed by atoms with van der Waals surface area (Å²) in [4.78, 5) is 24.6. The number of carbonyl (C=O) groups is 2. The van der Waals surface area contributed by atoms with Gasteiger partial charge in [0.15, 0.2) is 0 Å². The van der Waals surface area contributed by atoms with Crippen LogP contribution in [0.5, 0.6) is 5.75 Å². The second-order valence-corrected chi connectivity index (χ2v) is 8.02. The van der Waals surface area contributed by atoms with Gasteiger partial charge >= 0.3 is 0 Å². The first kappa shape index (κ1) is 22.0. The third-order valence-corrected chi connectivity index (χ3v) is 4.78. The molecular formula is C22H27BrN2O3. The van der Waals surface area contributed by atoms with Gasteiger partial charge in [0.05, 0.1) is 11.1 Å². The zero-order valence-corrected chi connectivity index (χ0v) is 18.3. The summed E-state index contributed by atoms with van der Waals surface area (Å²) in [6.07, 6.45) is 0.872. The molecule has 0 heterocycles. The average Bonchev–Trinajstić information content (AvgIpc) is 2.67. The van der Waals surface area contributed by atoms with Crippen molar-refractivity contribution in [1.29, 1.82) is 0 Å². The fourth-order valence-electron chi connectivity index (χ4n) is 2.33. The van der Waals surface area contributed by atoms with Crippen molar-refractivity contribution < 1.29 is 14.3 Å². The molecule has 5 nitrogen and oxygen atoms in total. The molecule has 1 atom stereocenters. The highest BCUT2D eigenvalue weighted by Crippen LogP contribution is 2.27. The topological polar surface area (TPSA) is 67.4 Å². The van der Waals surface area contributed by atoms with Gasteiger partial charge in [-0.3, -0.25) is 9.59 Å². The first-order valence-corrected chi connectivity index (χ1v) is 10.2. The highest BCUT2D eigenvalue weighted by Gasteiger charge is 2.12. The summed E-state index contributed by atoms with van der Waals surface area (Å²) < 4.78 is 6.44. The molecule has 0 spiro atoms. The summed E-state index contributed by atoms with van der Waals surface area (Å²) in [6.45, 7) is 8.75. The van der Waals surface area contributed by atoms with Crippen molar-refractivity contribution in [3.8, 4) is 5.75 Å². The van der Waals surface area contributed by atoms with Gasteiger partial charge in [0.2, 0.25) is 0 Å². The fourth-order valence-corrected chi connectivity index (χ4v) is 2.83. The Kier molecular flexibility index (Phi) is 8.05. The molecule has 0 aliphatic heterocycles. The third-order valence-electron chi connectivity index (χ3n) is 4.16. The van der Waals surface area contributed by atoms with Crippen LogP contribution < -0.4 is 15.4 Å². The molecule has 0 saturated carbocycles. The maximum atomic E-state index is 12.5. The molecule has 6 heteroatoms. The summed E-state index contributed by atoms with van der Waals surface area (Å²) in [5, 5.41) is 5.76. The maximum absolute atomic E-state index is 12.5. The largest absolute Gasteiger partial charge is 0.492 e. The standard InChI is InChI=1S/C22H27BrN2O3/c1-5-15(4)24-21(26)16-6-9-18(10-7-16)25-22(27)17-8-11-20(19(23)12-17)28-13-14(2)3/h6-12,14-15H,5,13H2,1-4H3,(H,24,26)(H,25,27). The van der Waals surface area contributed by atoms with E-state index in [1.807, 2.05) is 13.8 Å². The van der Waals surface area contributed by atoms with Crippen LogP contribution in [-0.2, 0) is 0 Å². The third kappa shape index (κ3) is 6.37. The lowest BCUT2D eigenvalue weighted by molar-refractivity contribution is 0.0938. The second kappa shape index (κ2) is 10.3. The Balaban J connectivity index is 2.00. The molecule has 150 valence electrons. The van der Waals surface area contributed by atoms with Gasteiger partial charge in [0.25, 0.3) is 11.8 Å². The SMILES string of the molecule is CCC(C)NC(=O)c1ccc(NC(=O)c2ccc(OCC(C)C)c(Br)c2)cc1. The van der Waals surface area contributed by atoms with Crippen LogP contribution in [0.2, 0.25) is 0 Å². The average molecular weight is 447 g/mol. The minimum atomic E-state index is -0.229. The number of anilines is 1. The number of nitrogens with one attached hydrogen (secondary N) is 2. The molecule has 0 aromatic heterocycles. The van der Waals surface area contributed by atoms with Crippen molar-refractivity contribution in [2.75, 3.05) is 11.9 Å². The number of ether oxygens (including phenoxy) is 1. The van der Waals surface area contributed by atoms with E-state index in [1.54, 1.807) is 42.5 Å². The zero-order valence-electron chi connectivity index (χ0n) is 16.7. The summed E-state index contributed by atoms with van der Waals surface area (Å²) >= 11 is 3.45. The predicted octanol–water partition coefficient (Wildman–Crippen LogP) is 5.26. The fraction of sp³-hybridized carbons (Fsp3) is 0.364. The lowest BCUT2D eigenvalue weighted by atomic mass is 10.1. The molecule has 1 unspecified atom stereocenters. The molecular weight excluding hydrogens is 420 g/mol. The molecule has 0 radical (unpaired) electrons. The van der Waals surface area contributed by atoms with E-state index in [0.29, 0.717) is 35.1 Å². The number of halogens is 1. The first-order chi connectivity index (χ1) is 13.3. The van der Waals surface area contributed by atoms with Crippen LogP contribution in [0.25, 0.3) is 0 Å².